The molecule has 1 aromatic carbocycles. The molecule has 0 saturated heterocycles. The van der Waals surface area contributed by atoms with Gasteiger partial charge in [-0.1, -0.05) is 31.2 Å². The van der Waals surface area contributed by atoms with Crippen LogP contribution in [0.15, 0.2) is 28.7 Å². The Morgan fingerprint density at radius 1 is 1.11 bits per heavy atom. The van der Waals surface area contributed by atoms with Gasteiger partial charge in [-0.2, -0.15) is 0 Å². The van der Waals surface area contributed by atoms with Crippen molar-refractivity contribution in [1.82, 2.24) is 15.1 Å². The third kappa shape index (κ3) is 3.17. The van der Waals surface area contributed by atoms with Crippen LogP contribution in [-0.4, -0.2) is 22.1 Å². The lowest BCUT2D eigenvalue weighted by molar-refractivity contribution is 0.277. The third-order valence-corrected chi connectivity index (χ3v) is 2.92. The second-order valence-corrected chi connectivity index (χ2v) is 4.54. The Hall–Kier alpha value is -1.68. The predicted molar refractivity (Wildman–Crippen MR) is 70.0 cm³/mol. The minimum Gasteiger partial charge on any atom is -0.424 e. The van der Waals surface area contributed by atoms with E-state index in [9.17, 15) is 0 Å². The van der Waals surface area contributed by atoms with Crippen molar-refractivity contribution in [3.8, 4) is 0 Å². The maximum atomic E-state index is 5.51. The molecule has 0 aliphatic rings. The molecule has 0 amide bonds. The van der Waals surface area contributed by atoms with Crippen molar-refractivity contribution < 1.29 is 4.42 Å². The van der Waals surface area contributed by atoms with Gasteiger partial charge in [0.05, 0.1) is 6.54 Å². The lowest BCUT2D eigenvalue weighted by Crippen LogP contribution is -2.18. The zero-order valence-electron chi connectivity index (χ0n) is 11.2. The van der Waals surface area contributed by atoms with Crippen LogP contribution in [0.4, 0.5) is 0 Å². The summed E-state index contributed by atoms with van der Waals surface area (Å²) in [4.78, 5) is 2.18. The van der Waals surface area contributed by atoms with Gasteiger partial charge in [0.1, 0.15) is 0 Å². The molecule has 2 rings (SSSR count). The zero-order chi connectivity index (χ0) is 13.0. The van der Waals surface area contributed by atoms with Crippen LogP contribution in [0.5, 0.6) is 0 Å². The average Bonchev–Trinajstić information content (AvgIpc) is 2.80. The Kier molecular flexibility index (Phi) is 4.10. The molecule has 0 radical (unpaired) electrons. The Labute approximate surface area is 108 Å². The minimum absolute atomic E-state index is 0.682. The van der Waals surface area contributed by atoms with E-state index in [1.54, 1.807) is 0 Å². The van der Waals surface area contributed by atoms with Gasteiger partial charge >= 0.3 is 0 Å². The summed E-state index contributed by atoms with van der Waals surface area (Å²) in [6, 6.07) is 8.41. The minimum atomic E-state index is 0.682. The highest BCUT2D eigenvalue weighted by molar-refractivity contribution is 5.25. The van der Waals surface area contributed by atoms with Crippen LogP contribution in [0.2, 0.25) is 0 Å². The van der Waals surface area contributed by atoms with Crippen LogP contribution < -0.4 is 0 Å². The molecule has 0 N–H and O–H groups in total. The largest absolute Gasteiger partial charge is 0.424 e. The van der Waals surface area contributed by atoms with Gasteiger partial charge in [-0.3, -0.25) is 4.90 Å². The van der Waals surface area contributed by atoms with Gasteiger partial charge in [0.2, 0.25) is 11.8 Å². The number of hydrogen-bond acceptors (Lipinski definition) is 4. The molecule has 0 spiro atoms. The van der Waals surface area contributed by atoms with Gasteiger partial charge in [0.25, 0.3) is 0 Å². The van der Waals surface area contributed by atoms with E-state index in [4.69, 9.17) is 4.42 Å². The topological polar surface area (TPSA) is 42.2 Å². The van der Waals surface area contributed by atoms with Crippen molar-refractivity contribution in [3.63, 3.8) is 0 Å². The molecule has 0 atom stereocenters. The summed E-state index contributed by atoms with van der Waals surface area (Å²) in [6.07, 6.45) is 0.786. The standard InChI is InChI=1S/C14H19N3O/c1-4-13-15-16-14(18-13)10-17(3)9-12-8-6-5-7-11(12)2/h5-8H,4,9-10H2,1-3H3. The fourth-order valence-electron chi connectivity index (χ4n) is 1.86. The summed E-state index contributed by atoms with van der Waals surface area (Å²) in [5.41, 5.74) is 2.64. The summed E-state index contributed by atoms with van der Waals surface area (Å²) in [5, 5.41) is 8.00. The summed E-state index contributed by atoms with van der Waals surface area (Å²) >= 11 is 0. The number of benzene rings is 1. The SMILES string of the molecule is CCc1nnc(CN(C)Cc2ccccc2C)o1. The Morgan fingerprint density at radius 3 is 2.50 bits per heavy atom. The van der Waals surface area contributed by atoms with E-state index in [1.807, 2.05) is 6.92 Å². The van der Waals surface area contributed by atoms with Crippen molar-refractivity contribution in [1.29, 1.82) is 0 Å². The molecule has 4 nitrogen and oxygen atoms in total. The van der Waals surface area contributed by atoms with Gasteiger partial charge in [-0.15, -0.1) is 10.2 Å². The maximum absolute atomic E-state index is 5.51. The first-order valence-electron chi connectivity index (χ1n) is 6.23. The smallest absolute Gasteiger partial charge is 0.230 e. The van der Waals surface area contributed by atoms with E-state index in [2.05, 4.69) is 53.3 Å². The van der Waals surface area contributed by atoms with E-state index in [0.717, 1.165) is 13.0 Å². The second kappa shape index (κ2) is 5.78. The van der Waals surface area contributed by atoms with Crippen LogP contribution in [0, 0.1) is 6.92 Å². The highest BCUT2D eigenvalue weighted by Gasteiger charge is 2.09. The van der Waals surface area contributed by atoms with Gasteiger partial charge in [-0.25, -0.2) is 0 Å². The zero-order valence-corrected chi connectivity index (χ0v) is 11.2. The summed E-state index contributed by atoms with van der Waals surface area (Å²) in [5.74, 6) is 1.39. The van der Waals surface area contributed by atoms with E-state index in [0.29, 0.717) is 18.3 Å². The number of hydrogen-bond donors (Lipinski definition) is 0. The highest BCUT2D eigenvalue weighted by atomic mass is 16.4. The number of aromatic nitrogens is 2. The van der Waals surface area contributed by atoms with E-state index >= 15 is 0 Å². The fourth-order valence-corrected chi connectivity index (χ4v) is 1.86. The van der Waals surface area contributed by atoms with Gasteiger partial charge in [0, 0.05) is 13.0 Å². The molecule has 18 heavy (non-hydrogen) atoms. The second-order valence-electron chi connectivity index (χ2n) is 4.54. The molecular weight excluding hydrogens is 226 g/mol. The molecular formula is C14H19N3O. The Bertz CT molecular complexity index is 507. The maximum Gasteiger partial charge on any atom is 0.230 e. The van der Waals surface area contributed by atoms with Crippen molar-refractivity contribution >= 4 is 0 Å². The Balaban J connectivity index is 1.96. The van der Waals surface area contributed by atoms with Crippen LogP contribution >= 0.6 is 0 Å². The van der Waals surface area contributed by atoms with Crippen LogP contribution in [0.1, 0.15) is 29.8 Å². The summed E-state index contributed by atoms with van der Waals surface area (Å²) < 4.78 is 5.51. The van der Waals surface area contributed by atoms with Crippen LogP contribution in [0.25, 0.3) is 0 Å². The number of rotatable bonds is 5. The lowest BCUT2D eigenvalue weighted by atomic mass is 10.1. The molecule has 0 saturated carbocycles. The molecule has 0 aliphatic heterocycles. The molecule has 0 fully saturated rings. The van der Waals surface area contributed by atoms with Crippen molar-refractivity contribution in [2.45, 2.75) is 33.4 Å². The first kappa shape index (κ1) is 12.8. The lowest BCUT2D eigenvalue weighted by Gasteiger charge is -2.15. The molecule has 2 aromatic rings. The quantitative estimate of drug-likeness (QED) is 0.812. The summed E-state index contributed by atoms with van der Waals surface area (Å²) in [6.45, 7) is 5.71. The first-order chi connectivity index (χ1) is 8.69. The van der Waals surface area contributed by atoms with Crippen LogP contribution in [0.3, 0.4) is 0 Å². The Morgan fingerprint density at radius 2 is 1.83 bits per heavy atom. The summed E-state index contributed by atoms with van der Waals surface area (Å²) in [7, 11) is 2.06. The van der Waals surface area contributed by atoms with Gasteiger partial charge < -0.3 is 4.42 Å². The van der Waals surface area contributed by atoms with Crippen molar-refractivity contribution in [2.75, 3.05) is 7.05 Å². The monoisotopic (exact) mass is 245 g/mol. The molecule has 0 unspecified atom stereocenters. The first-order valence-corrected chi connectivity index (χ1v) is 6.23. The molecule has 0 bridgehead atoms. The molecule has 1 aromatic heterocycles. The predicted octanol–water partition coefficient (Wildman–Crippen LogP) is 2.57. The molecule has 1 heterocycles. The van der Waals surface area contributed by atoms with E-state index in [1.165, 1.54) is 11.1 Å². The van der Waals surface area contributed by atoms with Gasteiger partial charge in [0.15, 0.2) is 0 Å². The average molecular weight is 245 g/mol. The van der Waals surface area contributed by atoms with Crippen molar-refractivity contribution in [2.24, 2.45) is 0 Å². The number of aryl methyl sites for hydroxylation is 2. The highest BCUT2D eigenvalue weighted by Crippen LogP contribution is 2.11. The normalized spacial score (nSPS) is 11.1. The third-order valence-electron chi connectivity index (χ3n) is 2.92. The van der Waals surface area contributed by atoms with E-state index < -0.39 is 0 Å². The number of nitrogens with zero attached hydrogens (tertiary/aromatic N) is 3. The molecule has 4 heteroatoms. The van der Waals surface area contributed by atoms with Gasteiger partial charge in [-0.05, 0) is 25.1 Å². The van der Waals surface area contributed by atoms with Crippen LogP contribution in [-0.2, 0) is 19.5 Å². The molecule has 96 valence electrons. The molecule has 0 aliphatic carbocycles. The fraction of sp³-hybridized carbons (Fsp3) is 0.429. The van der Waals surface area contributed by atoms with Crippen molar-refractivity contribution in [3.05, 3.63) is 47.2 Å². The van der Waals surface area contributed by atoms with E-state index in [-0.39, 0.29) is 0 Å².